The van der Waals surface area contributed by atoms with Crippen molar-refractivity contribution in [2.24, 2.45) is 0 Å². The number of anilines is 3. The summed E-state index contributed by atoms with van der Waals surface area (Å²) in [5.41, 5.74) is 2.72. The van der Waals surface area contributed by atoms with Gasteiger partial charge in [0.2, 0.25) is 0 Å². The second-order valence-corrected chi connectivity index (χ2v) is 8.88. The summed E-state index contributed by atoms with van der Waals surface area (Å²) in [5.74, 6) is 1.03. The van der Waals surface area contributed by atoms with E-state index in [1.54, 1.807) is 43.5 Å². The molecule has 0 saturated heterocycles. The van der Waals surface area contributed by atoms with Crippen molar-refractivity contribution in [1.82, 2.24) is 0 Å². The molecule has 0 atom stereocenters. The van der Waals surface area contributed by atoms with Gasteiger partial charge in [-0.05, 0) is 72.7 Å². The monoisotopic (exact) mass is 471 g/mol. The van der Waals surface area contributed by atoms with E-state index in [9.17, 15) is 8.42 Å². The normalized spacial score (nSPS) is 10.8. The Kier molecular flexibility index (Phi) is 7.55. The van der Waals surface area contributed by atoms with Gasteiger partial charge < -0.3 is 20.1 Å². The molecule has 7 nitrogen and oxygen atoms in total. The molecule has 0 unspecified atom stereocenters. The number of nitrogens with one attached hydrogen (secondary N) is 3. The summed E-state index contributed by atoms with van der Waals surface area (Å²) < 4.78 is 39.2. The van der Waals surface area contributed by atoms with Crippen LogP contribution in [0.4, 0.5) is 17.1 Å². The molecule has 3 aromatic carbocycles. The fourth-order valence-corrected chi connectivity index (χ4v) is 4.40. The third-order valence-corrected chi connectivity index (χ3v) is 6.31. The SMILES string of the molecule is CCc1ccc(NC(=S)Nc2ccc(OC)cc2S(=O)(=O)Nc2ccc(OC)cc2)cc1. The Hall–Kier alpha value is -3.30. The van der Waals surface area contributed by atoms with Crippen LogP contribution in [0.3, 0.4) is 0 Å². The molecule has 0 heterocycles. The molecule has 3 aromatic rings. The zero-order chi connectivity index (χ0) is 23.1. The van der Waals surface area contributed by atoms with Gasteiger partial charge in [-0.25, -0.2) is 8.42 Å². The first-order valence-electron chi connectivity index (χ1n) is 9.86. The molecule has 0 radical (unpaired) electrons. The molecular weight excluding hydrogens is 446 g/mol. The molecule has 0 fully saturated rings. The average molecular weight is 472 g/mol. The molecule has 0 aliphatic heterocycles. The van der Waals surface area contributed by atoms with Crippen molar-refractivity contribution in [2.45, 2.75) is 18.2 Å². The van der Waals surface area contributed by atoms with Gasteiger partial charge in [0.1, 0.15) is 16.4 Å². The van der Waals surface area contributed by atoms with E-state index in [0.717, 1.165) is 12.1 Å². The molecule has 0 amide bonds. The lowest BCUT2D eigenvalue weighted by Gasteiger charge is -2.16. The van der Waals surface area contributed by atoms with Crippen LogP contribution in [0.15, 0.2) is 71.6 Å². The first kappa shape index (κ1) is 23.4. The van der Waals surface area contributed by atoms with Gasteiger partial charge in [-0.2, -0.15) is 0 Å². The highest BCUT2D eigenvalue weighted by Gasteiger charge is 2.21. The van der Waals surface area contributed by atoms with E-state index in [1.165, 1.54) is 18.7 Å². The van der Waals surface area contributed by atoms with E-state index in [1.807, 2.05) is 24.3 Å². The quantitative estimate of drug-likeness (QED) is 0.404. The van der Waals surface area contributed by atoms with Gasteiger partial charge in [0, 0.05) is 17.4 Å². The zero-order valence-electron chi connectivity index (χ0n) is 18.0. The van der Waals surface area contributed by atoms with Crippen LogP contribution in [0.5, 0.6) is 11.5 Å². The molecule has 0 bridgehead atoms. The van der Waals surface area contributed by atoms with Crippen LogP contribution in [0.1, 0.15) is 12.5 Å². The van der Waals surface area contributed by atoms with Crippen molar-refractivity contribution in [3.8, 4) is 11.5 Å². The van der Waals surface area contributed by atoms with Gasteiger partial charge in [-0.3, -0.25) is 4.72 Å². The van der Waals surface area contributed by atoms with E-state index in [4.69, 9.17) is 21.7 Å². The molecule has 32 heavy (non-hydrogen) atoms. The standard InChI is InChI=1S/C23H25N3O4S2/c1-4-16-5-7-17(8-6-16)24-23(31)25-21-14-13-20(30-3)15-22(21)32(27,28)26-18-9-11-19(29-2)12-10-18/h5-15,26H,4H2,1-3H3,(H2,24,25,31). The number of benzene rings is 3. The van der Waals surface area contributed by atoms with Gasteiger partial charge in [-0.1, -0.05) is 19.1 Å². The van der Waals surface area contributed by atoms with Gasteiger partial charge in [-0.15, -0.1) is 0 Å². The second-order valence-electron chi connectivity index (χ2n) is 6.83. The van der Waals surface area contributed by atoms with Crippen molar-refractivity contribution >= 4 is 44.4 Å². The first-order chi connectivity index (χ1) is 15.3. The Morgan fingerprint density at radius 1 is 0.844 bits per heavy atom. The zero-order valence-corrected chi connectivity index (χ0v) is 19.6. The molecule has 0 aliphatic rings. The largest absolute Gasteiger partial charge is 0.497 e. The summed E-state index contributed by atoms with van der Waals surface area (Å²) in [6.45, 7) is 2.08. The van der Waals surface area contributed by atoms with Crippen molar-refractivity contribution in [3.05, 3.63) is 72.3 Å². The minimum Gasteiger partial charge on any atom is -0.497 e. The highest BCUT2D eigenvalue weighted by molar-refractivity contribution is 7.93. The van der Waals surface area contributed by atoms with E-state index in [0.29, 0.717) is 22.9 Å². The van der Waals surface area contributed by atoms with Gasteiger partial charge in [0.05, 0.1) is 19.9 Å². The number of rotatable bonds is 8. The van der Waals surface area contributed by atoms with Crippen LogP contribution < -0.4 is 24.8 Å². The Morgan fingerprint density at radius 3 is 2.03 bits per heavy atom. The lowest BCUT2D eigenvalue weighted by molar-refractivity contribution is 0.413. The molecule has 0 aliphatic carbocycles. The fraction of sp³-hybridized carbons (Fsp3) is 0.174. The van der Waals surface area contributed by atoms with Crippen LogP contribution in [-0.4, -0.2) is 27.7 Å². The second kappa shape index (κ2) is 10.3. The Labute approximate surface area is 193 Å². The molecular formula is C23H25N3O4S2. The molecule has 3 rings (SSSR count). The topological polar surface area (TPSA) is 88.7 Å². The van der Waals surface area contributed by atoms with Crippen LogP contribution in [0.2, 0.25) is 0 Å². The number of methoxy groups -OCH3 is 2. The minimum atomic E-state index is -3.94. The predicted molar refractivity (Wildman–Crippen MR) is 132 cm³/mol. The maximum absolute atomic E-state index is 13.2. The molecule has 0 saturated carbocycles. The molecule has 0 aromatic heterocycles. The highest BCUT2D eigenvalue weighted by atomic mass is 32.2. The highest BCUT2D eigenvalue weighted by Crippen LogP contribution is 2.29. The Balaban J connectivity index is 1.83. The summed E-state index contributed by atoms with van der Waals surface area (Å²) >= 11 is 5.40. The molecule has 0 spiro atoms. The van der Waals surface area contributed by atoms with Crippen LogP contribution in [-0.2, 0) is 16.4 Å². The summed E-state index contributed by atoms with van der Waals surface area (Å²) in [4.78, 5) is -0.00171. The van der Waals surface area contributed by atoms with Crippen LogP contribution in [0.25, 0.3) is 0 Å². The molecule has 168 valence electrons. The van der Waals surface area contributed by atoms with E-state index < -0.39 is 10.0 Å². The van der Waals surface area contributed by atoms with E-state index in [-0.39, 0.29) is 10.0 Å². The third-order valence-electron chi connectivity index (χ3n) is 4.69. The molecule has 3 N–H and O–H groups in total. The first-order valence-corrected chi connectivity index (χ1v) is 11.8. The van der Waals surface area contributed by atoms with Crippen molar-refractivity contribution in [3.63, 3.8) is 0 Å². The third kappa shape index (κ3) is 5.89. The average Bonchev–Trinajstić information content (AvgIpc) is 2.80. The Morgan fingerprint density at radius 2 is 1.44 bits per heavy atom. The number of thiocarbonyl (C=S) groups is 1. The minimum absolute atomic E-state index is 0.00171. The van der Waals surface area contributed by atoms with Gasteiger partial charge in [0.25, 0.3) is 10.0 Å². The number of ether oxygens (including phenoxy) is 2. The van der Waals surface area contributed by atoms with Gasteiger partial charge in [0.15, 0.2) is 5.11 Å². The maximum Gasteiger partial charge on any atom is 0.264 e. The lowest BCUT2D eigenvalue weighted by Crippen LogP contribution is -2.22. The fourth-order valence-electron chi connectivity index (χ4n) is 2.93. The van der Waals surface area contributed by atoms with Gasteiger partial charge >= 0.3 is 0 Å². The maximum atomic E-state index is 13.2. The van der Waals surface area contributed by atoms with Crippen molar-refractivity contribution in [1.29, 1.82) is 0 Å². The number of sulfonamides is 1. The van der Waals surface area contributed by atoms with Crippen LogP contribution in [0, 0.1) is 0 Å². The summed E-state index contributed by atoms with van der Waals surface area (Å²) in [6.07, 6.45) is 0.942. The summed E-state index contributed by atoms with van der Waals surface area (Å²) in [7, 11) is -0.926. The van der Waals surface area contributed by atoms with Crippen LogP contribution >= 0.6 is 12.2 Å². The predicted octanol–water partition coefficient (Wildman–Crippen LogP) is 4.88. The van der Waals surface area contributed by atoms with Crippen molar-refractivity contribution in [2.75, 3.05) is 29.6 Å². The number of hydrogen-bond donors (Lipinski definition) is 3. The number of hydrogen-bond acceptors (Lipinski definition) is 5. The summed E-state index contributed by atoms with van der Waals surface area (Å²) in [5, 5.41) is 6.31. The molecule has 9 heteroatoms. The summed E-state index contributed by atoms with van der Waals surface area (Å²) in [6, 6.07) is 19.1. The van der Waals surface area contributed by atoms with E-state index >= 15 is 0 Å². The number of aryl methyl sites for hydroxylation is 1. The van der Waals surface area contributed by atoms with Crippen molar-refractivity contribution < 1.29 is 17.9 Å². The lowest BCUT2D eigenvalue weighted by atomic mass is 10.1. The van der Waals surface area contributed by atoms with E-state index in [2.05, 4.69) is 22.3 Å². The smallest absolute Gasteiger partial charge is 0.264 e. The Bertz CT molecular complexity index is 1180.